The van der Waals surface area contributed by atoms with Crippen molar-refractivity contribution in [1.82, 2.24) is 43.8 Å². The lowest BCUT2D eigenvalue weighted by Crippen LogP contribution is -2.55. The number of sulfonamides is 3. The molecule has 34 heteroatoms. The molecule has 0 bridgehead atoms. The molecule has 3 atom stereocenters. The van der Waals surface area contributed by atoms with Gasteiger partial charge in [0.1, 0.15) is 54.2 Å². The van der Waals surface area contributed by atoms with Gasteiger partial charge in [-0.3, -0.25) is 33.3 Å². The number of fused-ring (bicyclic) bond motifs is 3. The maximum Gasteiger partial charge on any atom is 0.263 e. The number of carbonyl (C=O) groups is 4. The summed E-state index contributed by atoms with van der Waals surface area (Å²) in [6.45, 7) is 13.6. The van der Waals surface area contributed by atoms with E-state index in [4.69, 9.17) is 4.74 Å². The van der Waals surface area contributed by atoms with Gasteiger partial charge in [0.25, 0.3) is 30.1 Å². The van der Waals surface area contributed by atoms with Gasteiger partial charge in [-0.05, 0) is 186 Å². The van der Waals surface area contributed by atoms with E-state index in [1.807, 2.05) is 83.2 Å². The van der Waals surface area contributed by atoms with Crippen molar-refractivity contribution in [3.63, 3.8) is 0 Å². The Labute approximate surface area is 649 Å². The first kappa shape index (κ1) is 77.1. The van der Waals surface area contributed by atoms with Crippen LogP contribution in [0.3, 0.4) is 0 Å². The summed E-state index contributed by atoms with van der Waals surface area (Å²) in [4.78, 5) is 82.1. The normalized spacial score (nSPS) is 15.7. The van der Waals surface area contributed by atoms with E-state index in [1.54, 1.807) is 119 Å². The van der Waals surface area contributed by atoms with Gasteiger partial charge in [0, 0.05) is 152 Å². The average Bonchev–Trinajstić information content (AvgIpc) is 1.18. The second kappa shape index (κ2) is 33.0. The fourth-order valence-electron chi connectivity index (χ4n) is 13.8. The van der Waals surface area contributed by atoms with Crippen molar-refractivity contribution in [3.05, 3.63) is 210 Å². The zero-order valence-corrected chi connectivity index (χ0v) is 64.7. The second-order valence-electron chi connectivity index (χ2n) is 26.6. The molecule has 4 aliphatic heterocycles. The lowest BCUT2D eigenvalue weighted by Gasteiger charge is -2.41. The standard InChI is InChI=1S/C26H30FN5O3S2.C25H25FN6O3S.C25H25N5O5S2.4H2/c1-18-17-36-26(28-18)29-37(34,35)23-8-6-22(7-9-23)30-12-14-31(15-13-30)25(33)19(2)32-11-3-4-20-16-21(27)5-10-24(20)32;1-18(32-12-10-21-22(26)3-2-4-23(21)32)25(33)31-15-13-30(14-16-31)19-5-7-20(8-6-19)36(34,35)29-24-9-11-27-17-28-24;1-17(29-11-9-18-15-20(35-2)5-8-22(18)29)24(32)28-12-13-30(23(31)16-28)19-3-6-21(7-4-19)37(33,34)27-25-26-10-14-36-25;;;;/h5-10,16-17,19H,3-4,11-15H2,1-2H3,(H,28,29);2-12,17-18H,13-16H2,1H3,(H,27,28,29);3-11,14-15,17H,12-13,16H2,1-2H3,(H,26,27);4*1H/t19-;;;;;;/m1....../s1. The number of nitrogens with zero attached hydrogens (tertiary/aromatic N) is 13. The summed E-state index contributed by atoms with van der Waals surface area (Å²) in [5, 5.41) is 5.56. The molecule has 3 saturated heterocycles. The number of carbonyl (C=O) groups excluding carboxylic acids is 4. The van der Waals surface area contributed by atoms with Crippen LogP contribution in [-0.2, 0) is 55.7 Å². The quantitative estimate of drug-likeness (QED) is 0.0677. The fourth-order valence-corrected chi connectivity index (χ4v) is 18.5. The second-order valence-corrected chi connectivity index (χ2v) is 33.4. The Balaban J connectivity index is 0.000000192. The predicted octanol–water partition coefficient (Wildman–Crippen LogP) is 11.5. The number of amides is 4. The van der Waals surface area contributed by atoms with Crippen molar-refractivity contribution in [2.75, 3.05) is 119 Å². The molecule has 15 rings (SSSR count). The molecule has 110 heavy (non-hydrogen) atoms. The van der Waals surface area contributed by atoms with Crippen LogP contribution in [0.15, 0.2) is 202 Å². The molecule has 3 N–H and O–H groups in total. The van der Waals surface area contributed by atoms with Crippen LogP contribution in [0.5, 0.6) is 5.75 Å². The molecule has 5 aromatic heterocycles. The molecule has 11 aromatic rings. The van der Waals surface area contributed by atoms with Gasteiger partial charge >= 0.3 is 0 Å². The van der Waals surface area contributed by atoms with Crippen molar-refractivity contribution in [1.29, 1.82) is 0 Å². The summed E-state index contributed by atoms with van der Waals surface area (Å²) < 4.78 is 120. The van der Waals surface area contributed by atoms with Crippen LogP contribution >= 0.6 is 22.7 Å². The highest BCUT2D eigenvalue weighted by Gasteiger charge is 2.35. The number of ether oxygens (including phenoxy) is 1. The molecule has 0 aliphatic carbocycles. The lowest BCUT2D eigenvalue weighted by molar-refractivity contribution is -0.139. The predicted molar refractivity (Wildman–Crippen MR) is 429 cm³/mol. The van der Waals surface area contributed by atoms with Crippen LogP contribution in [0.25, 0.3) is 21.8 Å². The molecule has 9 heterocycles. The van der Waals surface area contributed by atoms with Gasteiger partial charge in [-0.25, -0.2) is 54.0 Å². The zero-order valence-electron chi connectivity index (χ0n) is 60.6. The van der Waals surface area contributed by atoms with Gasteiger partial charge in [-0.1, -0.05) is 6.07 Å². The summed E-state index contributed by atoms with van der Waals surface area (Å²) in [5.74, 6) is 0.0710. The van der Waals surface area contributed by atoms with Crippen molar-refractivity contribution < 1.29 is 63.7 Å². The van der Waals surface area contributed by atoms with E-state index in [0.29, 0.717) is 87.2 Å². The minimum Gasteiger partial charge on any atom is -0.497 e. The van der Waals surface area contributed by atoms with Gasteiger partial charge < -0.3 is 48.2 Å². The SMILES string of the molecule is CC(C(=O)N1CCN(c2ccc(S(=O)(=O)Nc3ccncn3)cc2)CC1)n1ccc2c(F)cccc21.COc1ccc2c(ccn2C(C)C(=O)N2CCN(c3ccc(S(=O)(=O)Nc4nccs4)cc3)C(=O)C2)c1.Cc1csc(NS(=O)(=O)c2ccc(N3CCN(C(=O)[C@@H](C)N4CCCc5cc(F)ccc54)CC3)cc2)n1.[HH].[HH].[HH].[HH]. The Morgan fingerprint density at radius 1 is 0.564 bits per heavy atom. The number of nitrogens with one attached hydrogen (secondary N) is 3. The molecule has 0 radical (unpaired) electrons. The van der Waals surface area contributed by atoms with Crippen LogP contribution in [-0.4, -0.2) is 184 Å². The fraction of sp³-hybridized carbons (Fsp3) is 0.289. The number of methoxy groups -OCH3 is 1. The number of hydrogen-bond donors (Lipinski definition) is 3. The van der Waals surface area contributed by atoms with E-state index in [2.05, 4.69) is 48.8 Å². The summed E-state index contributed by atoms with van der Waals surface area (Å²) >= 11 is 2.43. The molecule has 0 saturated carbocycles. The van der Waals surface area contributed by atoms with E-state index < -0.39 is 42.2 Å². The van der Waals surface area contributed by atoms with Crippen LogP contribution in [0.2, 0.25) is 0 Å². The van der Waals surface area contributed by atoms with E-state index in [0.717, 1.165) is 64.4 Å². The van der Waals surface area contributed by atoms with Crippen LogP contribution in [0.1, 0.15) is 56.2 Å². The maximum absolute atomic E-state index is 14.1. The van der Waals surface area contributed by atoms with Crippen molar-refractivity contribution >= 4 is 137 Å². The number of piperazine rings is 3. The number of rotatable bonds is 19. The summed E-state index contributed by atoms with van der Waals surface area (Å²) in [6.07, 6.45) is 9.58. The van der Waals surface area contributed by atoms with Gasteiger partial charge in [0.05, 0.1) is 33.0 Å². The smallest absolute Gasteiger partial charge is 0.263 e. The summed E-state index contributed by atoms with van der Waals surface area (Å²) in [6, 6.07) is 38.7. The molecule has 27 nitrogen and oxygen atoms in total. The Morgan fingerprint density at radius 2 is 1.14 bits per heavy atom. The molecular formula is C76H88F2N16O11S5. The molecule has 0 spiro atoms. The third-order valence-corrected chi connectivity index (χ3v) is 25.6. The maximum atomic E-state index is 14.1. The molecule has 4 amide bonds. The van der Waals surface area contributed by atoms with Crippen LogP contribution in [0.4, 0.5) is 47.6 Å². The number of thiazole rings is 2. The monoisotopic (exact) mass is 1600 g/mol. The summed E-state index contributed by atoms with van der Waals surface area (Å²) in [5.41, 5.74) is 6.63. The Kier molecular flexibility index (Phi) is 23.1. The Hall–Kier alpha value is -11.1. The van der Waals surface area contributed by atoms with Crippen LogP contribution in [0, 0.1) is 18.6 Å². The largest absolute Gasteiger partial charge is 0.497 e. The van der Waals surface area contributed by atoms with Gasteiger partial charge in [-0.2, -0.15) is 0 Å². The molecule has 4 aliphatic rings. The third-order valence-electron chi connectivity index (χ3n) is 19.7. The highest BCUT2D eigenvalue weighted by Crippen LogP contribution is 2.33. The molecule has 2 unspecified atom stereocenters. The highest BCUT2D eigenvalue weighted by atomic mass is 32.2. The lowest BCUT2D eigenvalue weighted by atomic mass is 9.99. The topological polar surface area (TPSA) is 300 Å². The van der Waals surface area contributed by atoms with Gasteiger partial charge in [0.15, 0.2) is 10.3 Å². The molecular weight excluding hydrogens is 1510 g/mol. The minimum atomic E-state index is -3.78. The molecule has 3 fully saturated rings. The first-order valence-corrected chi connectivity index (χ1v) is 41.6. The van der Waals surface area contributed by atoms with Crippen molar-refractivity contribution in [2.24, 2.45) is 0 Å². The van der Waals surface area contributed by atoms with Gasteiger partial charge in [-0.15, -0.1) is 22.7 Å². The summed E-state index contributed by atoms with van der Waals surface area (Å²) in [7, 11) is -9.65. The Morgan fingerprint density at radius 3 is 1.71 bits per heavy atom. The third kappa shape index (κ3) is 17.3. The van der Waals surface area contributed by atoms with E-state index >= 15 is 0 Å². The first-order chi connectivity index (χ1) is 52.8. The van der Waals surface area contributed by atoms with Crippen LogP contribution < -0.4 is 38.5 Å². The van der Waals surface area contributed by atoms with Gasteiger partial charge in [0.2, 0.25) is 23.6 Å². The number of anilines is 7. The number of aromatic nitrogens is 6. The number of benzene rings is 6. The number of hydrogen-bond acceptors (Lipinski definition) is 20. The van der Waals surface area contributed by atoms with E-state index in [-0.39, 0.29) is 79.2 Å². The van der Waals surface area contributed by atoms with Crippen molar-refractivity contribution in [3.8, 4) is 5.75 Å². The zero-order chi connectivity index (χ0) is 77.6. The van der Waals surface area contributed by atoms with Crippen molar-refractivity contribution in [2.45, 2.75) is 73.3 Å². The first-order valence-electron chi connectivity index (χ1n) is 35.4. The van der Waals surface area contributed by atoms with E-state index in [9.17, 15) is 53.2 Å². The minimum absolute atomic E-state index is 0. The number of aryl methyl sites for hydroxylation is 2. The Bertz CT molecular complexity index is 5520. The number of halogens is 2. The van der Waals surface area contributed by atoms with E-state index in [1.165, 1.54) is 71.7 Å². The molecule has 582 valence electrons. The molecule has 6 aromatic carbocycles. The highest BCUT2D eigenvalue weighted by molar-refractivity contribution is 7.93. The average molecular weight is 1600 g/mol.